The third-order valence-electron chi connectivity index (χ3n) is 2.97. The number of thiol groups is 1. The molecule has 4 nitrogen and oxygen atoms in total. The number of unbranched alkanes of at least 4 members (excludes halogenated alkanes) is 8. The fraction of sp³-hybridized carbons (Fsp3) is 0.923. The summed E-state index contributed by atoms with van der Waals surface area (Å²) in [5, 5.41) is 0. The fourth-order valence-electron chi connectivity index (χ4n) is 1.80. The van der Waals surface area contributed by atoms with Crippen LogP contribution in [-0.2, 0) is 20.3 Å². The summed E-state index contributed by atoms with van der Waals surface area (Å²) in [7, 11) is 0.326. The van der Waals surface area contributed by atoms with E-state index in [0.717, 1.165) is 19.3 Å². The summed E-state index contributed by atoms with van der Waals surface area (Å²) in [4.78, 5) is 29.8. The molecular formula is C13H30NaO4PS. The molecule has 118 valence electrons. The van der Waals surface area contributed by atoms with Gasteiger partial charge in [0.1, 0.15) is 0 Å². The third kappa shape index (κ3) is 15.6. The Morgan fingerprint density at radius 2 is 1.45 bits per heavy atom. The van der Waals surface area contributed by atoms with Crippen molar-refractivity contribution in [3.8, 4) is 0 Å². The van der Waals surface area contributed by atoms with Crippen molar-refractivity contribution < 1.29 is 19.1 Å². The maximum atomic E-state index is 11.3. The molecule has 0 aliphatic carbocycles. The van der Waals surface area contributed by atoms with Crippen LogP contribution in [-0.4, -0.2) is 51.6 Å². The first kappa shape index (κ1) is 23.4. The molecule has 0 unspecified atom stereocenters. The van der Waals surface area contributed by atoms with Gasteiger partial charge in [0.25, 0.3) is 0 Å². The predicted molar refractivity (Wildman–Crippen MR) is 91.1 cm³/mol. The van der Waals surface area contributed by atoms with Crippen LogP contribution in [0, 0.1) is 0 Å². The molecule has 0 aliphatic rings. The number of hydrogen-bond acceptors (Lipinski definition) is 2. The van der Waals surface area contributed by atoms with Crippen molar-refractivity contribution in [2.75, 3.05) is 6.26 Å². The summed E-state index contributed by atoms with van der Waals surface area (Å²) in [6, 6.07) is 0. The average molecular weight is 336 g/mol. The molecule has 0 amide bonds. The second kappa shape index (κ2) is 15.1. The number of carbonyl (C=O) groups excluding carboxylic acids is 1. The van der Waals surface area contributed by atoms with E-state index < -0.39 is 12.7 Å². The Morgan fingerprint density at radius 3 is 1.90 bits per heavy atom. The second-order valence-electron chi connectivity index (χ2n) is 4.75. The van der Waals surface area contributed by atoms with E-state index >= 15 is 0 Å². The maximum absolute atomic E-state index is 11.3. The first-order valence-corrected chi connectivity index (χ1v) is 10.9. The van der Waals surface area contributed by atoms with Gasteiger partial charge in [-0.05, 0) is 12.7 Å². The van der Waals surface area contributed by atoms with E-state index in [1.54, 1.807) is 6.26 Å². The van der Waals surface area contributed by atoms with Crippen LogP contribution in [0.1, 0.15) is 71.1 Å². The minimum absolute atomic E-state index is 0. The summed E-state index contributed by atoms with van der Waals surface area (Å²) in [6.45, 7) is -1.22. The van der Waals surface area contributed by atoms with Gasteiger partial charge in [-0.15, -0.1) is 10.9 Å². The summed E-state index contributed by atoms with van der Waals surface area (Å²) in [5.41, 5.74) is 0. The molecular weight excluding hydrogens is 306 g/mol. The van der Waals surface area contributed by atoms with Crippen LogP contribution < -0.4 is 0 Å². The standard InChI is InChI=1S/C13H29O4PS.Na.H/c1-3-4-5-6-7-8-9-10-11-12-13(14)17-18(15,16)19-2;;/h15-16,19H,3-12H2,1-2H3;;. The Kier molecular flexibility index (Phi) is 17.7. The van der Waals surface area contributed by atoms with Crippen molar-refractivity contribution in [2.24, 2.45) is 0 Å². The Bertz CT molecular complexity index is 294. The monoisotopic (exact) mass is 336 g/mol. The molecule has 2 N–H and O–H groups in total. The van der Waals surface area contributed by atoms with Gasteiger partial charge in [0.2, 0.25) is 0 Å². The second-order valence-corrected chi connectivity index (χ2v) is 9.13. The molecule has 0 aromatic rings. The van der Waals surface area contributed by atoms with Crippen molar-refractivity contribution in [1.29, 1.82) is 0 Å². The molecule has 0 heterocycles. The zero-order valence-electron chi connectivity index (χ0n) is 12.2. The van der Waals surface area contributed by atoms with E-state index in [2.05, 4.69) is 11.4 Å². The molecule has 7 heteroatoms. The summed E-state index contributed by atoms with van der Waals surface area (Å²) < 4.78 is 4.63. The molecule has 0 radical (unpaired) electrons. The molecule has 0 rings (SSSR count). The molecule has 0 aromatic heterocycles. The topological polar surface area (TPSA) is 66.8 Å². The van der Waals surface area contributed by atoms with Gasteiger partial charge >= 0.3 is 42.2 Å². The number of rotatable bonds is 11. The molecule has 0 bridgehead atoms. The van der Waals surface area contributed by atoms with Crippen molar-refractivity contribution in [2.45, 2.75) is 71.1 Å². The zero-order valence-corrected chi connectivity index (χ0v) is 14.0. The summed E-state index contributed by atoms with van der Waals surface area (Å²) >= 11 is 0. The Labute approximate surface area is 149 Å². The van der Waals surface area contributed by atoms with E-state index in [-0.39, 0.29) is 36.0 Å². The van der Waals surface area contributed by atoms with Gasteiger partial charge in [-0.25, -0.2) is 0 Å². The number of hydrogen-bond donors (Lipinski definition) is 3. The van der Waals surface area contributed by atoms with Gasteiger partial charge in [-0.2, -0.15) is 0 Å². The van der Waals surface area contributed by atoms with E-state index in [1.807, 2.05) is 0 Å². The molecule has 0 saturated heterocycles. The van der Waals surface area contributed by atoms with Crippen LogP contribution in [0.3, 0.4) is 0 Å². The van der Waals surface area contributed by atoms with Crippen LogP contribution in [0.2, 0.25) is 0 Å². The van der Waals surface area contributed by atoms with E-state index in [0.29, 0.717) is 10.9 Å². The Hall–Kier alpha value is 1.17. The van der Waals surface area contributed by atoms with E-state index in [9.17, 15) is 14.6 Å². The van der Waals surface area contributed by atoms with Crippen LogP contribution >= 0.6 is 6.72 Å². The zero-order chi connectivity index (χ0) is 14.6. The van der Waals surface area contributed by atoms with Crippen molar-refractivity contribution in [3.05, 3.63) is 0 Å². The normalized spacial score (nSPS) is 11.0. The molecule has 0 fully saturated rings. The van der Waals surface area contributed by atoms with Gasteiger partial charge in [0.05, 0.1) is 0 Å². The molecule has 0 atom stereocenters. The van der Waals surface area contributed by atoms with Crippen LogP contribution in [0.25, 0.3) is 0 Å². The first-order chi connectivity index (χ1) is 9.02. The van der Waals surface area contributed by atoms with Crippen molar-refractivity contribution >= 4 is 53.2 Å². The van der Waals surface area contributed by atoms with Gasteiger partial charge < -0.3 is 14.3 Å². The Balaban J connectivity index is 0. The van der Waals surface area contributed by atoms with E-state index in [1.165, 1.54) is 38.5 Å². The molecule has 0 spiro atoms. The van der Waals surface area contributed by atoms with Crippen molar-refractivity contribution in [1.82, 2.24) is 0 Å². The third-order valence-corrected chi connectivity index (χ3v) is 5.75. The van der Waals surface area contributed by atoms with Crippen LogP contribution in [0.15, 0.2) is 0 Å². The first-order valence-electron chi connectivity index (χ1n) is 7.20. The minimum atomic E-state index is -3.43. The van der Waals surface area contributed by atoms with Crippen molar-refractivity contribution in [3.63, 3.8) is 0 Å². The quantitative estimate of drug-likeness (QED) is 0.235. The van der Waals surface area contributed by atoms with Gasteiger partial charge in [-0.1, -0.05) is 58.3 Å². The number of carbonyl (C=O) groups is 1. The van der Waals surface area contributed by atoms with Gasteiger partial charge in [0, 0.05) is 6.42 Å². The average Bonchev–Trinajstić information content (AvgIpc) is 2.36. The Morgan fingerprint density at radius 1 is 1.00 bits per heavy atom. The van der Waals surface area contributed by atoms with Gasteiger partial charge in [0.15, 0.2) is 0 Å². The van der Waals surface area contributed by atoms with Gasteiger partial charge in [-0.3, -0.25) is 4.79 Å². The SMILES string of the molecule is CCCCCCCCCCCC(=O)OP(O)(O)=[SH]C.[NaH]. The molecule has 20 heavy (non-hydrogen) atoms. The predicted octanol–water partition coefficient (Wildman–Crippen LogP) is 2.91. The fourth-order valence-corrected chi connectivity index (χ4v) is 2.77. The van der Waals surface area contributed by atoms with Crippen LogP contribution in [0.4, 0.5) is 0 Å². The molecule has 0 aromatic carbocycles. The van der Waals surface area contributed by atoms with Crippen LogP contribution in [0.5, 0.6) is 0 Å². The molecule has 0 aliphatic heterocycles. The van der Waals surface area contributed by atoms with E-state index in [4.69, 9.17) is 0 Å². The summed E-state index contributed by atoms with van der Waals surface area (Å²) in [6.07, 6.45) is 12.5. The summed E-state index contributed by atoms with van der Waals surface area (Å²) in [5.74, 6) is -0.490. The molecule has 0 saturated carbocycles.